The second kappa shape index (κ2) is 8.32. The molecule has 4 nitrogen and oxygen atoms in total. The molecule has 3 rings (SSSR count). The van der Waals surface area contributed by atoms with E-state index in [1.807, 2.05) is 56.3 Å². The van der Waals surface area contributed by atoms with Gasteiger partial charge in [0, 0.05) is 12.1 Å². The third kappa shape index (κ3) is 4.42. The predicted molar refractivity (Wildman–Crippen MR) is 108 cm³/mol. The number of carbonyl (C=O) groups is 2. The third-order valence-corrected chi connectivity index (χ3v) is 4.51. The number of rotatable bonds is 5. The Hall–Kier alpha value is -3.40. The van der Waals surface area contributed by atoms with Gasteiger partial charge in [-0.2, -0.15) is 0 Å². The van der Waals surface area contributed by atoms with Crippen LogP contribution in [0.15, 0.2) is 72.8 Å². The highest BCUT2D eigenvalue weighted by molar-refractivity contribution is 6.09. The van der Waals surface area contributed by atoms with Crippen LogP contribution in [0.3, 0.4) is 0 Å². The van der Waals surface area contributed by atoms with E-state index in [4.69, 9.17) is 0 Å². The van der Waals surface area contributed by atoms with Crippen LogP contribution in [0.25, 0.3) is 0 Å². The molecule has 2 amide bonds. The Morgan fingerprint density at radius 1 is 0.704 bits per heavy atom. The van der Waals surface area contributed by atoms with Crippen molar-refractivity contribution in [3.63, 3.8) is 0 Å². The monoisotopic (exact) mass is 358 g/mol. The van der Waals surface area contributed by atoms with Crippen LogP contribution in [-0.4, -0.2) is 11.8 Å². The van der Waals surface area contributed by atoms with Gasteiger partial charge in [-0.25, -0.2) is 0 Å². The molecule has 0 aliphatic carbocycles. The van der Waals surface area contributed by atoms with Crippen molar-refractivity contribution in [3.05, 3.63) is 101 Å². The highest BCUT2D eigenvalue weighted by Crippen LogP contribution is 2.18. The number of amides is 2. The number of hydrogen-bond acceptors (Lipinski definition) is 2. The van der Waals surface area contributed by atoms with Gasteiger partial charge in [0.05, 0.1) is 11.3 Å². The van der Waals surface area contributed by atoms with Gasteiger partial charge in [0.2, 0.25) is 0 Å². The summed E-state index contributed by atoms with van der Waals surface area (Å²) >= 11 is 0. The molecule has 3 aromatic rings. The van der Waals surface area contributed by atoms with Gasteiger partial charge in [-0.3, -0.25) is 9.59 Å². The minimum atomic E-state index is -0.229. The van der Waals surface area contributed by atoms with Crippen molar-refractivity contribution in [2.24, 2.45) is 0 Å². The summed E-state index contributed by atoms with van der Waals surface area (Å²) < 4.78 is 0. The third-order valence-electron chi connectivity index (χ3n) is 4.51. The summed E-state index contributed by atoms with van der Waals surface area (Å²) in [7, 11) is 0. The van der Waals surface area contributed by atoms with E-state index in [1.165, 1.54) is 0 Å². The van der Waals surface area contributed by atoms with E-state index < -0.39 is 0 Å². The first-order valence-electron chi connectivity index (χ1n) is 8.85. The van der Waals surface area contributed by atoms with Gasteiger partial charge in [-0.15, -0.1) is 0 Å². The van der Waals surface area contributed by atoms with Gasteiger partial charge in [-0.1, -0.05) is 54.6 Å². The number of benzene rings is 3. The van der Waals surface area contributed by atoms with Gasteiger partial charge >= 0.3 is 0 Å². The number of para-hydroxylation sites is 1. The van der Waals surface area contributed by atoms with Crippen molar-refractivity contribution in [2.45, 2.75) is 20.4 Å². The quantitative estimate of drug-likeness (QED) is 0.706. The Morgan fingerprint density at radius 3 is 2.00 bits per heavy atom. The molecule has 27 heavy (non-hydrogen) atoms. The van der Waals surface area contributed by atoms with Gasteiger partial charge in [-0.05, 0) is 48.7 Å². The van der Waals surface area contributed by atoms with Crippen LogP contribution < -0.4 is 10.6 Å². The maximum atomic E-state index is 12.7. The van der Waals surface area contributed by atoms with Crippen molar-refractivity contribution < 1.29 is 9.59 Å². The van der Waals surface area contributed by atoms with Gasteiger partial charge in [0.25, 0.3) is 11.8 Å². The summed E-state index contributed by atoms with van der Waals surface area (Å²) in [5, 5.41) is 5.79. The maximum absolute atomic E-state index is 12.7. The highest BCUT2D eigenvalue weighted by atomic mass is 16.2. The first kappa shape index (κ1) is 18.4. The molecule has 136 valence electrons. The van der Waals surface area contributed by atoms with E-state index in [0.717, 1.165) is 16.7 Å². The fraction of sp³-hybridized carbons (Fsp3) is 0.130. The van der Waals surface area contributed by atoms with Crippen LogP contribution in [0.5, 0.6) is 0 Å². The second-order valence-electron chi connectivity index (χ2n) is 6.42. The molecule has 0 radical (unpaired) electrons. The Kier molecular flexibility index (Phi) is 5.67. The topological polar surface area (TPSA) is 58.2 Å². The Balaban J connectivity index is 1.75. The van der Waals surface area contributed by atoms with Crippen molar-refractivity contribution >= 4 is 17.5 Å². The minimum absolute atomic E-state index is 0.223. The van der Waals surface area contributed by atoms with Crippen LogP contribution in [0, 0.1) is 13.8 Å². The number of carbonyl (C=O) groups excluding carboxylic acids is 2. The lowest BCUT2D eigenvalue weighted by atomic mass is 10.1. The molecule has 0 fully saturated rings. The van der Waals surface area contributed by atoms with E-state index in [9.17, 15) is 9.59 Å². The molecular weight excluding hydrogens is 336 g/mol. The molecule has 0 heterocycles. The van der Waals surface area contributed by atoms with Gasteiger partial charge in [0.15, 0.2) is 0 Å². The molecule has 0 spiro atoms. The van der Waals surface area contributed by atoms with E-state index in [2.05, 4.69) is 10.6 Å². The predicted octanol–water partition coefficient (Wildman–Crippen LogP) is 4.49. The molecular formula is C23H22N2O2. The Morgan fingerprint density at radius 2 is 1.30 bits per heavy atom. The van der Waals surface area contributed by atoms with Gasteiger partial charge in [0.1, 0.15) is 0 Å². The van der Waals surface area contributed by atoms with E-state index >= 15 is 0 Å². The number of nitrogens with one attached hydrogen (secondary N) is 2. The SMILES string of the molecule is Cc1ccccc1CNC(=O)c1ccccc1NC(=O)c1ccccc1C. The fourth-order valence-corrected chi connectivity index (χ4v) is 2.89. The average Bonchev–Trinajstić information content (AvgIpc) is 2.68. The molecule has 0 atom stereocenters. The molecule has 0 saturated carbocycles. The normalized spacial score (nSPS) is 10.3. The number of hydrogen-bond donors (Lipinski definition) is 2. The Bertz CT molecular complexity index is 979. The van der Waals surface area contributed by atoms with Gasteiger partial charge < -0.3 is 10.6 Å². The van der Waals surface area contributed by atoms with Crippen LogP contribution in [0.2, 0.25) is 0 Å². The standard InChI is InChI=1S/C23H22N2O2/c1-16-9-3-5-11-18(16)15-24-22(26)20-13-7-8-14-21(20)25-23(27)19-12-6-4-10-17(19)2/h3-14H,15H2,1-2H3,(H,24,26)(H,25,27). The summed E-state index contributed by atoms with van der Waals surface area (Å²) in [4.78, 5) is 25.3. The minimum Gasteiger partial charge on any atom is -0.348 e. The number of anilines is 1. The molecule has 3 aromatic carbocycles. The zero-order valence-electron chi connectivity index (χ0n) is 15.5. The molecule has 0 unspecified atom stereocenters. The second-order valence-corrected chi connectivity index (χ2v) is 6.42. The first-order valence-corrected chi connectivity index (χ1v) is 8.85. The van der Waals surface area contributed by atoms with Crippen LogP contribution in [0.4, 0.5) is 5.69 Å². The summed E-state index contributed by atoms with van der Waals surface area (Å²) in [6.45, 7) is 4.33. The molecule has 0 bridgehead atoms. The highest BCUT2D eigenvalue weighted by Gasteiger charge is 2.15. The largest absolute Gasteiger partial charge is 0.348 e. The van der Waals surface area contributed by atoms with Crippen molar-refractivity contribution in [3.8, 4) is 0 Å². The summed E-state index contributed by atoms with van der Waals surface area (Å²) in [5.74, 6) is -0.453. The summed E-state index contributed by atoms with van der Waals surface area (Å²) in [5.41, 5.74) is 4.59. The zero-order valence-corrected chi connectivity index (χ0v) is 15.5. The van der Waals surface area contributed by atoms with Crippen molar-refractivity contribution in [1.29, 1.82) is 0 Å². The molecule has 0 saturated heterocycles. The molecule has 0 aliphatic rings. The molecule has 4 heteroatoms. The fourth-order valence-electron chi connectivity index (χ4n) is 2.89. The van der Waals surface area contributed by atoms with Crippen LogP contribution in [-0.2, 0) is 6.54 Å². The average molecular weight is 358 g/mol. The van der Waals surface area contributed by atoms with E-state index in [0.29, 0.717) is 23.4 Å². The first-order chi connectivity index (χ1) is 13.1. The van der Waals surface area contributed by atoms with Crippen LogP contribution >= 0.6 is 0 Å². The lowest BCUT2D eigenvalue weighted by molar-refractivity contribution is 0.0951. The molecule has 0 aliphatic heterocycles. The summed E-state index contributed by atoms with van der Waals surface area (Å²) in [6, 6.07) is 22.3. The van der Waals surface area contributed by atoms with E-state index in [-0.39, 0.29) is 11.8 Å². The smallest absolute Gasteiger partial charge is 0.255 e. The lowest BCUT2D eigenvalue weighted by Gasteiger charge is -2.13. The Labute approximate surface area is 159 Å². The lowest BCUT2D eigenvalue weighted by Crippen LogP contribution is -2.25. The number of aryl methyl sites for hydroxylation is 2. The van der Waals surface area contributed by atoms with Crippen molar-refractivity contribution in [2.75, 3.05) is 5.32 Å². The van der Waals surface area contributed by atoms with Crippen LogP contribution in [0.1, 0.15) is 37.4 Å². The van der Waals surface area contributed by atoms with Crippen molar-refractivity contribution in [1.82, 2.24) is 5.32 Å². The molecule has 2 N–H and O–H groups in total. The van der Waals surface area contributed by atoms with E-state index in [1.54, 1.807) is 30.3 Å². The summed E-state index contributed by atoms with van der Waals surface area (Å²) in [6.07, 6.45) is 0. The zero-order chi connectivity index (χ0) is 19.2. The maximum Gasteiger partial charge on any atom is 0.255 e. The molecule has 0 aromatic heterocycles.